The maximum atomic E-state index is 13.2. The fraction of sp³-hybridized carbons (Fsp3) is 0.308. The van der Waals surface area contributed by atoms with E-state index >= 15 is 0 Å². The number of aromatic nitrogens is 2. The zero-order valence-corrected chi connectivity index (χ0v) is 10.9. The Balaban J connectivity index is 2.21. The summed E-state index contributed by atoms with van der Waals surface area (Å²) in [7, 11) is 1.81. The van der Waals surface area contributed by atoms with Gasteiger partial charge in [-0.2, -0.15) is 5.10 Å². The Morgan fingerprint density at radius 3 is 2.67 bits per heavy atom. The molecule has 1 atom stereocenters. The first kappa shape index (κ1) is 13.1. The van der Waals surface area contributed by atoms with Gasteiger partial charge in [0, 0.05) is 24.2 Å². The van der Waals surface area contributed by atoms with Gasteiger partial charge in [0.15, 0.2) is 0 Å². The summed E-state index contributed by atoms with van der Waals surface area (Å²) in [4.78, 5) is 0. The molecule has 0 fully saturated rings. The van der Waals surface area contributed by atoms with Gasteiger partial charge in [-0.15, -0.1) is 0 Å². The van der Waals surface area contributed by atoms with Crippen LogP contribution in [0.25, 0.3) is 0 Å². The van der Waals surface area contributed by atoms with E-state index in [1.54, 1.807) is 10.7 Å². The smallest absolute Gasteiger partial charge is 0.125 e. The Labute approximate surface area is 110 Å². The molecular weight excluding hydrogens is 255 g/mol. The molecule has 1 N–H and O–H groups in total. The zero-order valence-electron chi connectivity index (χ0n) is 10.2. The Hall–Kier alpha value is -1.39. The molecule has 2 rings (SSSR count). The number of aryl methyl sites for hydroxylation is 2. The van der Waals surface area contributed by atoms with E-state index in [9.17, 15) is 9.50 Å². The second kappa shape index (κ2) is 5.08. The first-order valence-corrected chi connectivity index (χ1v) is 5.97. The number of hydrogen-bond donors (Lipinski definition) is 1. The molecule has 0 aliphatic rings. The van der Waals surface area contributed by atoms with Crippen LogP contribution in [0, 0.1) is 12.7 Å². The number of hydrogen-bond acceptors (Lipinski definition) is 2. The lowest BCUT2D eigenvalue weighted by Gasteiger charge is -2.11. The van der Waals surface area contributed by atoms with E-state index in [1.807, 2.05) is 20.0 Å². The second-order valence-electron chi connectivity index (χ2n) is 4.32. The van der Waals surface area contributed by atoms with Gasteiger partial charge in [-0.25, -0.2) is 4.39 Å². The van der Waals surface area contributed by atoms with Crippen molar-refractivity contribution in [1.82, 2.24) is 9.78 Å². The lowest BCUT2D eigenvalue weighted by atomic mass is 10.0. The Kier molecular flexibility index (Phi) is 3.68. The van der Waals surface area contributed by atoms with Crippen LogP contribution in [-0.4, -0.2) is 14.9 Å². The van der Waals surface area contributed by atoms with E-state index in [-0.39, 0.29) is 5.02 Å². The quantitative estimate of drug-likeness (QED) is 0.930. The van der Waals surface area contributed by atoms with E-state index in [0.717, 1.165) is 11.4 Å². The summed E-state index contributed by atoms with van der Waals surface area (Å²) in [6.45, 7) is 1.88. The van der Waals surface area contributed by atoms with Crippen LogP contribution < -0.4 is 0 Å². The van der Waals surface area contributed by atoms with Crippen molar-refractivity contribution in [2.75, 3.05) is 0 Å². The SMILES string of the molecule is Cc1cc(CC(O)c2cc(F)cc(Cl)c2)n(C)n1. The van der Waals surface area contributed by atoms with Gasteiger partial charge in [-0.3, -0.25) is 4.68 Å². The summed E-state index contributed by atoms with van der Waals surface area (Å²) < 4.78 is 14.9. The molecule has 0 aliphatic heterocycles. The normalized spacial score (nSPS) is 12.7. The van der Waals surface area contributed by atoms with Crippen molar-refractivity contribution in [2.45, 2.75) is 19.4 Å². The molecule has 2 aromatic rings. The van der Waals surface area contributed by atoms with E-state index in [2.05, 4.69) is 5.10 Å². The largest absolute Gasteiger partial charge is 0.388 e. The van der Waals surface area contributed by atoms with E-state index in [0.29, 0.717) is 12.0 Å². The number of benzene rings is 1. The average Bonchev–Trinajstić information content (AvgIpc) is 2.56. The highest BCUT2D eigenvalue weighted by atomic mass is 35.5. The van der Waals surface area contributed by atoms with Crippen LogP contribution >= 0.6 is 11.6 Å². The first-order valence-electron chi connectivity index (χ1n) is 5.59. The maximum absolute atomic E-state index is 13.2. The van der Waals surface area contributed by atoms with Crippen molar-refractivity contribution in [3.05, 3.63) is 52.1 Å². The van der Waals surface area contributed by atoms with Gasteiger partial charge in [0.05, 0.1) is 11.8 Å². The molecule has 1 aromatic heterocycles. The van der Waals surface area contributed by atoms with Crippen LogP contribution in [0.15, 0.2) is 24.3 Å². The third kappa shape index (κ3) is 2.89. The summed E-state index contributed by atoms with van der Waals surface area (Å²) in [5.74, 6) is -0.447. The van der Waals surface area contributed by atoms with Gasteiger partial charge in [0.2, 0.25) is 0 Å². The first-order chi connectivity index (χ1) is 8.45. The van der Waals surface area contributed by atoms with Crippen molar-refractivity contribution in [1.29, 1.82) is 0 Å². The molecule has 1 aromatic carbocycles. The molecule has 96 valence electrons. The Morgan fingerprint density at radius 2 is 2.11 bits per heavy atom. The summed E-state index contributed by atoms with van der Waals surface area (Å²) in [5.41, 5.74) is 2.25. The summed E-state index contributed by atoms with van der Waals surface area (Å²) in [5, 5.41) is 14.6. The third-order valence-corrected chi connectivity index (χ3v) is 2.99. The summed E-state index contributed by atoms with van der Waals surface area (Å²) in [6, 6.07) is 5.97. The predicted molar refractivity (Wildman–Crippen MR) is 68.0 cm³/mol. The van der Waals surface area contributed by atoms with Gasteiger partial charge in [-0.05, 0) is 36.8 Å². The van der Waals surface area contributed by atoms with Gasteiger partial charge >= 0.3 is 0 Å². The molecule has 0 saturated carbocycles. The molecule has 1 heterocycles. The molecule has 0 saturated heterocycles. The maximum Gasteiger partial charge on any atom is 0.125 e. The molecule has 0 spiro atoms. The minimum Gasteiger partial charge on any atom is -0.388 e. The van der Waals surface area contributed by atoms with Crippen LogP contribution in [0.5, 0.6) is 0 Å². The molecule has 1 unspecified atom stereocenters. The standard InChI is InChI=1S/C13H14ClFN2O/c1-8-3-12(17(2)16-8)7-13(18)9-4-10(14)6-11(15)5-9/h3-6,13,18H,7H2,1-2H3. The fourth-order valence-electron chi connectivity index (χ4n) is 1.94. The van der Waals surface area contributed by atoms with Crippen LogP contribution in [-0.2, 0) is 13.5 Å². The molecule has 18 heavy (non-hydrogen) atoms. The number of aliphatic hydroxyl groups is 1. The lowest BCUT2D eigenvalue weighted by molar-refractivity contribution is 0.175. The molecule has 3 nitrogen and oxygen atoms in total. The van der Waals surface area contributed by atoms with Crippen LogP contribution in [0.3, 0.4) is 0 Å². The number of halogens is 2. The van der Waals surface area contributed by atoms with Crippen molar-refractivity contribution < 1.29 is 9.50 Å². The number of nitrogens with zero attached hydrogens (tertiary/aromatic N) is 2. The topological polar surface area (TPSA) is 38.0 Å². The van der Waals surface area contributed by atoms with Crippen molar-refractivity contribution in [2.24, 2.45) is 7.05 Å². The van der Waals surface area contributed by atoms with Crippen molar-refractivity contribution >= 4 is 11.6 Å². The predicted octanol–water partition coefficient (Wildman–Crippen LogP) is 2.80. The highest BCUT2D eigenvalue weighted by Gasteiger charge is 2.13. The molecule has 0 aliphatic carbocycles. The minimum absolute atomic E-state index is 0.283. The second-order valence-corrected chi connectivity index (χ2v) is 4.76. The number of aliphatic hydroxyl groups excluding tert-OH is 1. The molecule has 5 heteroatoms. The van der Waals surface area contributed by atoms with Gasteiger partial charge in [0.25, 0.3) is 0 Å². The average molecular weight is 269 g/mol. The molecular formula is C13H14ClFN2O. The van der Waals surface area contributed by atoms with Gasteiger partial charge in [-0.1, -0.05) is 11.6 Å². The highest BCUT2D eigenvalue weighted by Crippen LogP contribution is 2.23. The van der Waals surface area contributed by atoms with Gasteiger partial charge < -0.3 is 5.11 Å². The van der Waals surface area contributed by atoms with Crippen molar-refractivity contribution in [3.8, 4) is 0 Å². The highest BCUT2D eigenvalue weighted by molar-refractivity contribution is 6.30. The van der Waals surface area contributed by atoms with Crippen LogP contribution in [0.4, 0.5) is 4.39 Å². The lowest BCUT2D eigenvalue weighted by Crippen LogP contribution is -2.06. The summed E-state index contributed by atoms with van der Waals surface area (Å²) >= 11 is 5.76. The van der Waals surface area contributed by atoms with Crippen LogP contribution in [0.1, 0.15) is 23.1 Å². The number of rotatable bonds is 3. The van der Waals surface area contributed by atoms with E-state index in [4.69, 9.17) is 11.6 Å². The Bertz CT molecular complexity index is 548. The zero-order chi connectivity index (χ0) is 13.3. The Morgan fingerprint density at radius 1 is 1.39 bits per heavy atom. The fourth-order valence-corrected chi connectivity index (χ4v) is 2.17. The molecule has 0 bridgehead atoms. The van der Waals surface area contributed by atoms with Gasteiger partial charge in [0.1, 0.15) is 5.82 Å². The monoisotopic (exact) mass is 268 g/mol. The molecule has 0 amide bonds. The van der Waals surface area contributed by atoms with E-state index in [1.165, 1.54) is 12.1 Å². The van der Waals surface area contributed by atoms with Crippen molar-refractivity contribution in [3.63, 3.8) is 0 Å². The third-order valence-electron chi connectivity index (χ3n) is 2.77. The summed E-state index contributed by atoms with van der Waals surface area (Å²) in [6.07, 6.45) is -0.426. The minimum atomic E-state index is -0.798. The van der Waals surface area contributed by atoms with Crippen LogP contribution in [0.2, 0.25) is 5.02 Å². The molecule has 0 radical (unpaired) electrons. The van der Waals surface area contributed by atoms with E-state index < -0.39 is 11.9 Å².